The molecule has 0 saturated heterocycles. The number of halogens is 2. The third-order valence-electron chi connectivity index (χ3n) is 1.43. The molecule has 0 radical (unpaired) electrons. The summed E-state index contributed by atoms with van der Waals surface area (Å²) in [6.45, 7) is 0. The molecule has 0 spiro atoms. The average Bonchev–Trinajstić information content (AvgIpc) is 2.23. The average molecular weight is 214 g/mol. The van der Waals surface area contributed by atoms with Crippen molar-refractivity contribution in [3.63, 3.8) is 0 Å². The molecule has 0 aliphatic heterocycles. The van der Waals surface area contributed by atoms with Crippen molar-refractivity contribution in [3.05, 3.63) is 35.4 Å². The Labute approximate surface area is 83.9 Å². The van der Waals surface area contributed by atoms with E-state index in [0.717, 1.165) is 18.3 Å². The van der Waals surface area contributed by atoms with Crippen LogP contribution in [0, 0.1) is 11.6 Å². The van der Waals surface area contributed by atoms with Crippen LogP contribution in [-0.4, -0.2) is 17.4 Å². The molecule has 5 nitrogen and oxygen atoms in total. The highest BCUT2D eigenvalue weighted by Crippen LogP contribution is 2.06. The largest absolute Gasteiger partial charge is 0.367 e. The summed E-state index contributed by atoms with van der Waals surface area (Å²) in [5.74, 6) is -2.22. The summed E-state index contributed by atoms with van der Waals surface area (Å²) < 4.78 is 25.2. The lowest BCUT2D eigenvalue weighted by Gasteiger charge is -1.94. The highest BCUT2D eigenvalue weighted by molar-refractivity contribution is 5.81. The van der Waals surface area contributed by atoms with Crippen molar-refractivity contribution >= 4 is 12.2 Å². The molecule has 7 heteroatoms. The highest BCUT2D eigenvalue weighted by atomic mass is 19.2. The number of guanidine groups is 1. The first kappa shape index (κ1) is 11.1. The molecule has 0 unspecified atom stereocenters. The van der Waals surface area contributed by atoms with Gasteiger partial charge in [0.2, 0.25) is 5.96 Å². The number of rotatable bonds is 2. The van der Waals surface area contributed by atoms with E-state index in [-0.39, 0.29) is 5.96 Å². The van der Waals surface area contributed by atoms with E-state index in [4.69, 9.17) is 10.9 Å². The number of nitrogens with zero attached hydrogens (tertiary/aromatic N) is 2. The van der Waals surface area contributed by atoms with Crippen LogP contribution in [0.5, 0.6) is 0 Å². The van der Waals surface area contributed by atoms with E-state index in [2.05, 4.69) is 10.2 Å². The van der Waals surface area contributed by atoms with Crippen LogP contribution >= 0.6 is 0 Å². The van der Waals surface area contributed by atoms with E-state index >= 15 is 0 Å². The summed E-state index contributed by atoms with van der Waals surface area (Å²) in [4.78, 5) is 0. The van der Waals surface area contributed by atoms with Crippen molar-refractivity contribution in [2.75, 3.05) is 0 Å². The molecule has 1 aromatic rings. The zero-order chi connectivity index (χ0) is 11.3. The molecule has 0 amide bonds. The van der Waals surface area contributed by atoms with E-state index in [1.807, 2.05) is 0 Å². The molecular weight excluding hydrogens is 206 g/mol. The monoisotopic (exact) mass is 214 g/mol. The normalized spacial score (nSPS) is 12.1. The van der Waals surface area contributed by atoms with Crippen molar-refractivity contribution < 1.29 is 14.0 Å². The summed E-state index contributed by atoms with van der Waals surface area (Å²) in [7, 11) is 0. The third-order valence-corrected chi connectivity index (χ3v) is 1.43. The molecule has 0 saturated carbocycles. The fraction of sp³-hybridized carbons (Fsp3) is 0. The third kappa shape index (κ3) is 3.31. The number of hydrogen-bond acceptors (Lipinski definition) is 3. The van der Waals surface area contributed by atoms with Crippen LogP contribution in [0.3, 0.4) is 0 Å². The summed E-state index contributed by atoms with van der Waals surface area (Å²) in [5.41, 5.74) is 6.91. The first-order chi connectivity index (χ1) is 7.13. The van der Waals surface area contributed by atoms with Gasteiger partial charge >= 0.3 is 0 Å². The zero-order valence-electron chi connectivity index (χ0n) is 7.48. The van der Waals surface area contributed by atoms with Crippen LogP contribution in [0.25, 0.3) is 0 Å². The molecule has 0 bridgehead atoms. The Morgan fingerprint density at radius 2 is 2.13 bits per heavy atom. The van der Waals surface area contributed by atoms with Gasteiger partial charge in [0.25, 0.3) is 0 Å². The van der Waals surface area contributed by atoms with Crippen LogP contribution in [-0.2, 0) is 0 Å². The first-order valence-corrected chi connectivity index (χ1v) is 3.85. The van der Waals surface area contributed by atoms with Crippen LogP contribution in [0.15, 0.2) is 28.4 Å². The van der Waals surface area contributed by atoms with Crippen molar-refractivity contribution in [1.29, 1.82) is 0 Å². The first-order valence-electron chi connectivity index (χ1n) is 3.85. The minimum Gasteiger partial charge on any atom is -0.367 e. The SMILES string of the molecule is NC(=NN=Cc1ccc(F)c(F)c1)NO. The van der Waals surface area contributed by atoms with Crippen LogP contribution < -0.4 is 11.2 Å². The Hall–Kier alpha value is -2.02. The van der Waals surface area contributed by atoms with E-state index in [1.54, 1.807) is 5.48 Å². The van der Waals surface area contributed by atoms with Gasteiger partial charge in [-0.2, -0.15) is 5.10 Å². The molecule has 1 rings (SSSR count). The Bertz CT molecular complexity index is 406. The van der Waals surface area contributed by atoms with Crippen molar-refractivity contribution in [1.82, 2.24) is 5.48 Å². The predicted molar refractivity (Wildman–Crippen MR) is 50.5 cm³/mol. The number of nitrogens with one attached hydrogen (secondary N) is 1. The molecule has 4 N–H and O–H groups in total. The van der Waals surface area contributed by atoms with Crippen molar-refractivity contribution in [3.8, 4) is 0 Å². The molecule has 0 aliphatic rings. The lowest BCUT2D eigenvalue weighted by Crippen LogP contribution is -2.27. The summed E-state index contributed by atoms with van der Waals surface area (Å²) in [5, 5.41) is 14.9. The number of nitrogens with two attached hydrogens (primary N) is 1. The summed E-state index contributed by atoms with van der Waals surface area (Å²) >= 11 is 0. The van der Waals surface area contributed by atoms with Gasteiger partial charge in [0.05, 0.1) is 6.21 Å². The number of hydrogen-bond donors (Lipinski definition) is 3. The smallest absolute Gasteiger partial charge is 0.237 e. The molecule has 0 aliphatic carbocycles. The molecule has 0 aromatic heterocycles. The fourth-order valence-corrected chi connectivity index (χ4v) is 0.773. The predicted octanol–water partition coefficient (Wildman–Crippen LogP) is 0.592. The molecule has 80 valence electrons. The summed E-state index contributed by atoms with van der Waals surface area (Å²) in [6.07, 6.45) is 1.16. The Morgan fingerprint density at radius 1 is 1.40 bits per heavy atom. The van der Waals surface area contributed by atoms with Crippen LogP contribution in [0.1, 0.15) is 5.56 Å². The lowest BCUT2D eigenvalue weighted by molar-refractivity contribution is 0.232. The molecule has 0 atom stereocenters. The molecule has 0 heterocycles. The molecule has 1 aromatic carbocycles. The zero-order valence-corrected chi connectivity index (χ0v) is 7.48. The van der Waals surface area contributed by atoms with Gasteiger partial charge in [-0.3, -0.25) is 5.21 Å². The van der Waals surface area contributed by atoms with Gasteiger partial charge in [-0.25, -0.2) is 14.3 Å². The highest BCUT2D eigenvalue weighted by Gasteiger charge is 1.99. The Balaban J connectivity index is 2.77. The molecule has 0 fully saturated rings. The van der Waals surface area contributed by atoms with Gasteiger partial charge in [-0.1, -0.05) is 6.07 Å². The quantitative estimate of drug-likeness (QED) is 0.383. The van der Waals surface area contributed by atoms with Gasteiger partial charge in [0.15, 0.2) is 11.6 Å². The van der Waals surface area contributed by atoms with Gasteiger partial charge in [0, 0.05) is 0 Å². The van der Waals surface area contributed by atoms with E-state index in [1.165, 1.54) is 6.07 Å². The minimum atomic E-state index is -0.976. The second-order valence-electron chi connectivity index (χ2n) is 2.52. The van der Waals surface area contributed by atoms with E-state index in [9.17, 15) is 8.78 Å². The number of benzene rings is 1. The maximum Gasteiger partial charge on any atom is 0.237 e. The number of hydroxylamine groups is 1. The maximum atomic E-state index is 12.7. The second kappa shape index (κ2) is 5.01. The van der Waals surface area contributed by atoms with Crippen molar-refractivity contribution in [2.24, 2.45) is 15.9 Å². The molecule has 15 heavy (non-hydrogen) atoms. The maximum absolute atomic E-state index is 12.7. The minimum absolute atomic E-state index is 0.311. The standard InChI is InChI=1S/C8H8F2N4O/c9-6-2-1-5(3-7(6)10)4-12-13-8(11)14-15/h1-4,15H,(H3,11,13,14). The van der Waals surface area contributed by atoms with Crippen molar-refractivity contribution in [2.45, 2.75) is 0 Å². The topological polar surface area (TPSA) is 83.0 Å². The fourth-order valence-electron chi connectivity index (χ4n) is 0.773. The van der Waals surface area contributed by atoms with Gasteiger partial charge in [0.1, 0.15) is 0 Å². The second-order valence-corrected chi connectivity index (χ2v) is 2.52. The van der Waals surface area contributed by atoms with Gasteiger partial charge < -0.3 is 5.73 Å². The van der Waals surface area contributed by atoms with Crippen LogP contribution in [0.2, 0.25) is 0 Å². The van der Waals surface area contributed by atoms with Gasteiger partial charge in [-0.05, 0) is 17.7 Å². The van der Waals surface area contributed by atoms with E-state index < -0.39 is 11.6 Å². The Morgan fingerprint density at radius 3 is 2.73 bits per heavy atom. The van der Waals surface area contributed by atoms with Crippen LogP contribution in [0.4, 0.5) is 8.78 Å². The Kier molecular flexibility index (Phi) is 3.69. The lowest BCUT2D eigenvalue weighted by atomic mass is 10.2. The van der Waals surface area contributed by atoms with Gasteiger partial charge in [-0.15, -0.1) is 5.10 Å². The van der Waals surface area contributed by atoms with E-state index in [0.29, 0.717) is 5.56 Å². The summed E-state index contributed by atoms with van der Waals surface area (Å²) in [6, 6.07) is 3.24. The molecular formula is C8H8F2N4O.